The van der Waals surface area contributed by atoms with Crippen molar-refractivity contribution in [2.45, 2.75) is 0 Å². The summed E-state index contributed by atoms with van der Waals surface area (Å²) in [6.07, 6.45) is 0. The van der Waals surface area contributed by atoms with Crippen molar-refractivity contribution in [1.29, 1.82) is 0 Å². The molecule has 4 heteroatoms. The maximum atomic E-state index is 10.6. The summed E-state index contributed by atoms with van der Waals surface area (Å²) in [6.45, 7) is 0. The monoisotopic (exact) mass is 236 g/mol. The Morgan fingerprint density at radius 2 is 1.65 bits per heavy atom. The average Bonchev–Trinajstić information content (AvgIpc) is 2.29. The third-order valence-corrected chi connectivity index (χ3v) is 2.32. The molecule has 0 radical (unpaired) electrons. The van der Waals surface area contributed by atoms with Crippen molar-refractivity contribution in [2.24, 2.45) is 0 Å². The third kappa shape index (κ3) is 3.09. The normalized spacial score (nSPS) is 9.41. The summed E-state index contributed by atoms with van der Waals surface area (Å²) in [5, 5.41) is 20.1. The van der Waals surface area contributed by atoms with Crippen molar-refractivity contribution in [2.75, 3.05) is 0 Å². The molecule has 0 heterocycles. The Labute approximate surface area is 121 Å². The predicted molar refractivity (Wildman–Crippen MR) is 57.9 cm³/mol. The fraction of sp³-hybridized carbons (Fsp3) is 0. The molecule has 0 aliphatic rings. The van der Waals surface area contributed by atoms with Gasteiger partial charge < -0.3 is 15.0 Å². The molecule has 0 saturated heterocycles. The van der Waals surface area contributed by atoms with Crippen molar-refractivity contribution in [3.05, 3.63) is 54.1 Å². The van der Waals surface area contributed by atoms with E-state index in [1.807, 2.05) is 30.3 Å². The number of hydrogen-bond donors (Lipinski definition) is 1. The molecule has 2 aromatic carbocycles. The summed E-state index contributed by atoms with van der Waals surface area (Å²) >= 11 is 0. The molecule has 2 rings (SSSR count). The Kier molecular flexibility index (Phi) is 4.75. The van der Waals surface area contributed by atoms with E-state index in [0.29, 0.717) is 0 Å². The van der Waals surface area contributed by atoms with E-state index < -0.39 is 5.97 Å². The van der Waals surface area contributed by atoms with Crippen LogP contribution in [0.15, 0.2) is 48.5 Å². The van der Waals surface area contributed by atoms with E-state index in [0.717, 1.165) is 11.1 Å². The fourth-order valence-electron chi connectivity index (χ4n) is 1.51. The van der Waals surface area contributed by atoms with Crippen LogP contribution in [0.1, 0.15) is 10.4 Å². The van der Waals surface area contributed by atoms with E-state index in [4.69, 9.17) is 0 Å². The van der Waals surface area contributed by atoms with Gasteiger partial charge in [-0.25, -0.2) is 0 Å². The van der Waals surface area contributed by atoms with Gasteiger partial charge in [-0.05, 0) is 23.3 Å². The number of aromatic hydroxyl groups is 1. The van der Waals surface area contributed by atoms with Crippen LogP contribution in [0.25, 0.3) is 11.1 Å². The van der Waals surface area contributed by atoms with Crippen LogP contribution in [-0.2, 0) is 0 Å². The number of carbonyl (C=O) groups excluding carboxylic acids is 1. The van der Waals surface area contributed by atoms with Crippen LogP contribution in [0.5, 0.6) is 5.75 Å². The molecule has 0 atom stereocenters. The minimum atomic E-state index is -1.38. The quantitative estimate of drug-likeness (QED) is 0.641. The number of carbonyl (C=O) groups is 1. The molecule has 3 nitrogen and oxygen atoms in total. The minimum absolute atomic E-state index is 0. The molecule has 0 aliphatic carbocycles. The zero-order valence-corrected chi connectivity index (χ0v) is 11.4. The largest absolute Gasteiger partial charge is 1.00 e. The Balaban J connectivity index is 0.00000144. The first kappa shape index (κ1) is 13.8. The van der Waals surface area contributed by atoms with Crippen LogP contribution >= 0.6 is 0 Å². The van der Waals surface area contributed by atoms with Gasteiger partial charge in [-0.3, -0.25) is 0 Å². The molecule has 17 heavy (non-hydrogen) atoms. The summed E-state index contributed by atoms with van der Waals surface area (Å²) in [6, 6.07) is 13.8. The number of rotatable bonds is 2. The fourth-order valence-corrected chi connectivity index (χ4v) is 1.51. The van der Waals surface area contributed by atoms with Gasteiger partial charge in [-0.2, -0.15) is 0 Å². The maximum absolute atomic E-state index is 10.6. The number of aromatic carboxylic acids is 1. The molecule has 2 aromatic rings. The second-order valence-corrected chi connectivity index (χ2v) is 3.39. The number of carboxylic acids is 1. The Morgan fingerprint density at radius 3 is 2.18 bits per heavy atom. The molecule has 1 N–H and O–H groups in total. The summed E-state index contributed by atoms with van der Waals surface area (Å²) in [5.41, 5.74) is 1.49. The predicted octanol–water partition coefficient (Wildman–Crippen LogP) is -1.57. The van der Waals surface area contributed by atoms with Crippen LogP contribution in [0, 0.1) is 0 Å². The van der Waals surface area contributed by atoms with Crippen LogP contribution in [0.2, 0.25) is 0 Å². The topological polar surface area (TPSA) is 60.4 Å². The summed E-state index contributed by atoms with van der Waals surface area (Å²) in [7, 11) is 0. The van der Waals surface area contributed by atoms with Crippen molar-refractivity contribution in [3.63, 3.8) is 0 Å². The van der Waals surface area contributed by atoms with Gasteiger partial charge in [0.05, 0.1) is 5.97 Å². The van der Waals surface area contributed by atoms with Gasteiger partial charge in [0.2, 0.25) is 0 Å². The molecule has 0 amide bonds. The molecule has 0 saturated carbocycles. The third-order valence-electron chi connectivity index (χ3n) is 2.32. The molecule has 0 fully saturated rings. The van der Waals surface area contributed by atoms with Crippen molar-refractivity contribution in [3.8, 4) is 16.9 Å². The van der Waals surface area contributed by atoms with E-state index in [-0.39, 0.29) is 40.9 Å². The molecule has 0 unspecified atom stereocenters. The van der Waals surface area contributed by atoms with Gasteiger partial charge in [0.1, 0.15) is 5.75 Å². The zero-order chi connectivity index (χ0) is 11.5. The number of carboxylic acid groups (broad SMARTS) is 1. The molecular formula is C13H9NaO3. The van der Waals surface area contributed by atoms with E-state index in [1.54, 1.807) is 6.07 Å². The first-order valence-corrected chi connectivity index (χ1v) is 4.78. The van der Waals surface area contributed by atoms with Gasteiger partial charge in [0.15, 0.2) is 0 Å². The Bertz CT molecular complexity index is 523. The summed E-state index contributed by atoms with van der Waals surface area (Å²) in [5.74, 6) is -1.65. The molecule has 0 bridgehead atoms. The van der Waals surface area contributed by atoms with Crippen molar-refractivity contribution >= 4 is 5.97 Å². The first-order valence-electron chi connectivity index (χ1n) is 4.78. The van der Waals surface area contributed by atoms with Gasteiger partial charge in [-0.1, -0.05) is 36.4 Å². The number of hydrogen-bond acceptors (Lipinski definition) is 3. The molecule has 0 spiro atoms. The molecular weight excluding hydrogens is 227 g/mol. The van der Waals surface area contributed by atoms with Crippen molar-refractivity contribution < 1.29 is 44.6 Å². The Morgan fingerprint density at radius 1 is 1.00 bits per heavy atom. The van der Waals surface area contributed by atoms with Crippen LogP contribution < -0.4 is 34.7 Å². The van der Waals surface area contributed by atoms with Gasteiger partial charge in [0, 0.05) is 5.56 Å². The van der Waals surface area contributed by atoms with Crippen LogP contribution in [-0.4, -0.2) is 11.1 Å². The minimum Gasteiger partial charge on any atom is -0.545 e. The Hall–Kier alpha value is -1.29. The van der Waals surface area contributed by atoms with Crippen LogP contribution in [0.3, 0.4) is 0 Å². The van der Waals surface area contributed by atoms with Gasteiger partial charge >= 0.3 is 29.6 Å². The molecule has 0 aromatic heterocycles. The van der Waals surface area contributed by atoms with Crippen molar-refractivity contribution in [1.82, 2.24) is 0 Å². The van der Waals surface area contributed by atoms with E-state index in [2.05, 4.69) is 0 Å². The summed E-state index contributed by atoms with van der Waals surface area (Å²) in [4.78, 5) is 10.6. The van der Waals surface area contributed by atoms with Gasteiger partial charge in [0.25, 0.3) is 0 Å². The first-order chi connectivity index (χ1) is 7.68. The second-order valence-electron chi connectivity index (χ2n) is 3.39. The molecule has 0 aliphatic heterocycles. The smallest absolute Gasteiger partial charge is 0.545 e. The van der Waals surface area contributed by atoms with E-state index in [1.165, 1.54) is 12.1 Å². The number of benzene rings is 2. The SMILES string of the molecule is O=C([O-])c1ccc(-c2ccccc2)cc1O.[Na+]. The summed E-state index contributed by atoms with van der Waals surface area (Å²) < 4.78 is 0. The maximum Gasteiger partial charge on any atom is 1.00 e. The second kappa shape index (κ2) is 5.87. The van der Waals surface area contributed by atoms with E-state index in [9.17, 15) is 15.0 Å². The van der Waals surface area contributed by atoms with E-state index >= 15 is 0 Å². The van der Waals surface area contributed by atoms with Crippen LogP contribution in [0.4, 0.5) is 0 Å². The zero-order valence-electron chi connectivity index (χ0n) is 9.38. The average molecular weight is 236 g/mol. The molecule has 80 valence electrons. The standard InChI is InChI=1S/C13H10O3.Na/c14-12-8-10(6-7-11(12)13(15)16)9-4-2-1-3-5-9;/h1-8,14H,(H,15,16);/q;+1/p-1. The number of phenols is 1. The van der Waals surface area contributed by atoms with Gasteiger partial charge in [-0.15, -0.1) is 0 Å².